The normalized spacial score (nSPS) is 20.5. The fraction of sp³-hybridized carbons (Fsp3) is 0.678. The average molecular weight is 950 g/mol. The van der Waals surface area contributed by atoms with Gasteiger partial charge in [0.15, 0.2) is 6.29 Å². The van der Waals surface area contributed by atoms with Gasteiger partial charge in [0.05, 0.1) is 25.4 Å². The highest BCUT2D eigenvalue weighted by Crippen LogP contribution is 2.22. The van der Waals surface area contributed by atoms with Gasteiger partial charge in [-0.1, -0.05) is 207 Å². The third kappa shape index (κ3) is 36.8. The molecule has 0 radical (unpaired) electrons. The van der Waals surface area contributed by atoms with Crippen LogP contribution in [0.5, 0.6) is 0 Å². The molecule has 1 aliphatic rings. The van der Waals surface area contributed by atoms with Crippen LogP contribution < -0.4 is 5.32 Å². The van der Waals surface area contributed by atoms with E-state index < -0.39 is 49.5 Å². The van der Waals surface area contributed by atoms with Crippen molar-refractivity contribution in [1.82, 2.24) is 5.32 Å². The van der Waals surface area contributed by atoms with Gasteiger partial charge in [-0.15, -0.1) is 0 Å². The molecule has 9 nitrogen and oxygen atoms in total. The number of carbonyl (C=O) groups excluding carboxylic acids is 1. The summed E-state index contributed by atoms with van der Waals surface area (Å²) in [6, 6.07) is -0.860. The maximum atomic E-state index is 13.0. The Kier molecular flexibility index (Phi) is 43.9. The Hall–Kier alpha value is -3.15. The maximum Gasteiger partial charge on any atom is 0.220 e. The molecule has 0 aromatic heterocycles. The first kappa shape index (κ1) is 62.9. The summed E-state index contributed by atoms with van der Waals surface area (Å²) in [7, 11) is 0. The van der Waals surface area contributed by atoms with Gasteiger partial charge in [0.2, 0.25) is 5.91 Å². The Morgan fingerprint density at radius 2 is 0.926 bits per heavy atom. The van der Waals surface area contributed by atoms with Gasteiger partial charge in [-0.3, -0.25) is 4.79 Å². The molecule has 0 saturated carbocycles. The lowest BCUT2D eigenvalue weighted by atomic mass is 9.99. The summed E-state index contributed by atoms with van der Waals surface area (Å²) in [6.45, 7) is 3.61. The molecule has 1 fully saturated rings. The van der Waals surface area contributed by atoms with E-state index in [0.717, 1.165) is 77.0 Å². The van der Waals surface area contributed by atoms with Crippen molar-refractivity contribution in [1.29, 1.82) is 0 Å². The number of allylic oxidation sites excluding steroid dienone is 17. The fourth-order valence-corrected chi connectivity index (χ4v) is 7.78. The molecule has 1 amide bonds. The molecule has 0 aromatic carbocycles. The minimum absolute atomic E-state index is 0.231. The van der Waals surface area contributed by atoms with Crippen molar-refractivity contribution in [2.24, 2.45) is 0 Å². The largest absolute Gasteiger partial charge is 0.394 e. The number of amides is 1. The molecule has 1 rings (SSSR count). The van der Waals surface area contributed by atoms with Gasteiger partial charge in [-0.25, -0.2) is 0 Å². The number of ether oxygens (including phenoxy) is 2. The first-order chi connectivity index (χ1) is 33.3. The van der Waals surface area contributed by atoms with Crippen LogP contribution in [0, 0.1) is 0 Å². The summed E-state index contributed by atoms with van der Waals surface area (Å²) < 4.78 is 11.2. The molecular formula is C59H99NO8. The van der Waals surface area contributed by atoms with E-state index in [0.29, 0.717) is 12.8 Å². The second-order valence-electron chi connectivity index (χ2n) is 18.3. The minimum atomic E-state index is -1.59. The average Bonchev–Trinajstić information content (AvgIpc) is 3.34. The highest BCUT2D eigenvalue weighted by atomic mass is 16.7. The van der Waals surface area contributed by atoms with Crippen LogP contribution in [0.3, 0.4) is 0 Å². The van der Waals surface area contributed by atoms with Gasteiger partial charge in [0.25, 0.3) is 0 Å². The lowest BCUT2D eigenvalue weighted by molar-refractivity contribution is -0.302. The second kappa shape index (κ2) is 47.5. The quantitative estimate of drug-likeness (QED) is 0.0261. The highest BCUT2D eigenvalue weighted by molar-refractivity contribution is 5.76. The van der Waals surface area contributed by atoms with E-state index in [1.165, 1.54) is 89.9 Å². The number of carbonyl (C=O) groups is 1. The summed E-state index contributed by atoms with van der Waals surface area (Å²) in [6.07, 6.45) is 62.9. The standard InChI is InChI=1S/C59H99NO8/c1-3-5-7-9-11-13-15-17-19-21-23-25-26-27-29-30-32-34-36-38-40-42-44-46-48-53(62)52(51-67-59-58(66)57(65)56(64)54(50-61)68-59)60-55(63)49-47-45-43-41-39-37-35-33-31-28-24-22-20-18-16-14-12-10-8-6-4-2/h6,8,12,14,18,20,24,28,30,32-33,35,38-41,46,48,52-54,56-59,61-62,64-66H,3-5,7,9-11,13,15-17,19,21-23,25-27,29,31,34,36-37,42-45,47,49-51H2,1-2H3,(H,60,63)/b8-6-,14-12-,20-18-,28-24-,32-30+,35-33-,40-38+,41-39-,48-46+. The van der Waals surface area contributed by atoms with Crippen molar-refractivity contribution in [3.63, 3.8) is 0 Å². The lowest BCUT2D eigenvalue weighted by Crippen LogP contribution is -2.60. The number of hydrogen-bond donors (Lipinski definition) is 6. The smallest absolute Gasteiger partial charge is 0.220 e. The molecule has 388 valence electrons. The van der Waals surface area contributed by atoms with E-state index in [2.05, 4.69) is 116 Å². The van der Waals surface area contributed by atoms with Crippen molar-refractivity contribution in [3.05, 3.63) is 109 Å². The minimum Gasteiger partial charge on any atom is -0.394 e. The Balaban J connectivity index is 2.36. The zero-order valence-electron chi connectivity index (χ0n) is 42.8. The first-order valence-electron chi connectivity index (χ1n) is 27.1. The monoisotopic (exact) mass is 950 g/mol. The summed E-state index contributed by atoms with van der Waals surface area (Å²) in [4.78, 5) is 13.0. The molecule has 68 heavy (non-hydrogen) atoms. The Morgan fingerprint density at radius 1 is 0.515 bits per heavy atom. The van der Waals surface area contributed by atoms with E-state index in [-0.39, 0.29) is 18.9 Å². The Morgan fingerprint density at radius 3 is 1.41 bits per heavy atom. The van der Waals surface area contributed by atoms with Crippen LogP contribution in [0.1, 0.15) is 200 Å². The van der Waals surface area contributed by atoms with Crippen LogP contribution in [-0.4, -0.2) is 87.5 Å². The predicted octanol–water partition coefficient (Wildman–Crippen LogP) is 13.0. The molecule has 7 unspecified atom stereocenters. The molecule has 0 aromatic rings. The van der Waals surface area contributed by atoms with Crippen LogP contribution in [-0.2, 0) is 14.3 Å². The molecule has 1 saturated heterocycles. The molecule has 1 heterocycles. The zero-order valence-corrected chi connectivity index (χ0v) is 42.8. The number of rotatable bonds is 44. The number of unbranched alkanes of at least 4 members (excludes halogenated alkanes) is 18. The lowest BCUT2D eigenvalue weighted by Gasteiger charge is -2.40. The molecule has 7 atom stereocenters. The zero-order chi connectivity index (χ0) is 49.4. The van der Waals surface area contributed by atoms with E-state index in [1.54, 1.807) is 6.08 Å². The van der Waals surface area contributed by atoms with Crippen LogP contribution in [0.4, 0.5) is 0 Å². The number of hydrogen-bond acceptors (Lipinski definition) is 8. The van der Waals surface area contributed by atoms with Crippen molar-refractivity contribution >= 4 is 5.91 Å². The van der Waals surface area contributed by atoms with E-state index in [1.807, 2.05) is 6.08 Å². The summed E-state index contributed by atoms with van der Waals surface area (Å²) >= 11 is 0. The van der Waals surface area contributed by atoms with E-state index in [9.17, 15) is 30.3 Å². The van der Waals surface area contributed by atoms with Gasteiger partial charge in [0.1, 0.15) is 24.4 Å². The predicted molar refractivity (Wildman–Crippen MR) is 285 cm³/mol. The topological polar surface area (TPSA) is 149 Å². The molecule has 1 aliphatic heterocycles. The molecular weight excluding hydrogens is 851 g/mol. The summed E-state index contributed by atoms with van der Waals surface area (Å²) in [5.41, 5.74) is 0. The Bertz CT molecular complexity index is 1430. The van der Waals surface area contributed by atoms with Crippen LogP contribution in [0.25, 0.3) is 0 Å². The third-order valence-electron chi connectivity index (χ3n) is 12.1. The van der Waals surface area contributed by atoms with Crippen molar-refractivity contribution in [2.75, 3.05) is 13.2 Å². The van der Waals surface area contributed by atoms with Crippen LogP contribution >= 0.6 is 0 Å². The Labute approximate surface area is 415 Å². The molecule has 6 N–H and O–H groups in total. The van der Waals surface area contributed by atoms with Gasteiger partial charge in [0, 0.05) is 6.42 Å². The van der Waals surface area contributed by atoms with Gasteiger partial charge < -0.3 is 40.3 Å². The molecule has 0 spiro atoms. The maximum absolute atomic E-state index is 13.0. The second-order valence-corrected chi connectivity index (χ2v) is 18.3. The first-order valence-corrected chi connectivity index (χ1v) is 27.1. The van der Waals surface area contributed by atoms with Crippen molar-refractivity contribution < 1.29 is 39.8 Å². The van der Waals surface area contributed by atoms with Crippen LogP contribution in [0.15, 0.2) is 109 Å². The summed E-state index contributed by atoms with van der Waals surface area (Å²) in [5.74, 6) is -0.237. The number of aliphatic hydroxyl groups is 5. The SMILES string of the molecule is CC/C=C\C/C=C\C/C=C\C/C=C\C/C=C\C/C=C\CCCCC(=O)NC(COC1OC(CO)C(O)C(O)C1O)C(O)/C=C/CC/C=C/CC/C=C/CCCCCCCCCCCCCCCC. The molecule has 0 bridgehead atoms. The highest BCUT2D eigenvalue weighted by Gasteiger charge is 2.44. The number of nitrogens with one attached hydrogen (secondary N) is 1. The van der Waals surface area contributed by atoms with E-state index in [4.69, 9.17) is 9.47 Å². The van der Waals surface area contributed by atoms with Gasteiger partial charge in [-0.05, 0) is 96.3 Å². The fourth-order valence-electron chi connectivity index (χ4n) is 7.78. The van der Waals surface area contributed by atoms with Gasteiger partial charge in [-0.2, -0.15) is 0 Å². The molecule has 0 aliphatic carbocycles. The number of aliphatic hydroxyl groups excluding tert-OH is 5. The third-order valence-corrected chi connectivity index (χ3v) is 12.1. The van der Waals surface area contributed by atoms with Gasteiger partial charge >= 0.3 is 0 Å². The molecule has 9 heteroatoms. The van der Waals surface area contributed by atoms with E-state index >= 15 is 0 Å². The van der Waals surface area contributed by atoms with Crippen molar-refractivity contribution in [2.45, 2.75) is 243 Å². The van der Waals surface area contributed by atoms with Crippen molar-refractivity contribution in [3.8, 4) is 0 Å². The summed E-state index contributed by atoms with van der Waals surface area (Å²) in [5, 5.41) is 54.4. The van der Waals surface area contributed by atoms with Crippen LogP contribution in [0.2, 0.25) is 0 Å².